The third-order valence-corrected chi connectivity index (χ3v) is 2.84. The molecule has 0 amide bonds. The van der Waals surface area contributed by atoms with Gasteiger partial charge in [-0.05, 0) is 38.7 Å². The van der Waals surface area contributed by atoms with Crippen molar-refractivity contribution in [1.29, 1.82) is 0 Å². The second-order valence-corrected chi connectivity index (χ2v) is 3.29. The van der Waals surface area contributed by atoms with Gasteiger partial charge < -0.3 is 5.11 Å². The minimum atomic E-state index is -0.454. The first-order valence-corrected chi connectivity index (χ1v) is 3.99. The molecular formula is C9H16O. The fraction of sp³-hybridized carbons (Fsp3) is 0.778. The quantitative estimate of drug-likeness (QED) is 0.554. The molecule has 0 aromatic rings. The van der Waals surface area contributed by atoms with E-state index in [4.69, 9.17) is 0 Å². The molecule has 1 nitrogen and oxygen atoms in total. The van der Waals surface area contributed by atoms with E-state index in [9.17, 15) is 5.11 Å². The molecule has 10 heavy (non-hydrogen) atoms. The van der Waals surface area contributed by atoms with E-state index >= 15 is 0 Å². The van der Waals surface area contributed by atoms with Gasteiger partial charge in [0.15, 0.2) is 0 Å². The Bertz CT molecular complexity index is 170. The number of hydrogen-bond donors (Lipinski definition) is 1. The zero-order valence-corrected chi connectivity index (χ0v) is 7.07. The normalized spacial score (nSPS) is 33.6. The third kappa shape index (κ3) is 0.988. The van der Waals surface area contributed by atoms with Gasteiger partial charge in [-0.15, -0.1) is 0 Å². The van der Waals surface area contributed by atoms with Gasteiger partial charge in [0.2, 0.25) is 0 Å². The largest absolute Gasteiger partial charge is 0.386 e. The highest BCUT2D eigenvalue weighted by Crippen LogP contribution is 2.36. The van der Waals surface area contributed by atoms with Crippen LogP contribution in [0.2, 0.25) is 0 Å². The summed E-state index contributed by atoms with van der Waals surface area (Å²) in [6.07, 6.45) is 2.87. The van der Waals surface area contributed by atoms with E-state index in [-0.39, 0.29) is 0 Å². The maximum atomic E-state index is 9.88. The predicted molar refractivity (Wildman–Crippen MR) is 42.8 cm³/mol. The lowest BCUT2D eigenvalue weighted by atomic mass is 9.94. The van der Waals surface area contributed by atoms with Crippen LogP contribution in [0.25, 0.3) is 0 Å². The summed E-state index contributed by atoms with van der Waals surface area (Å²) >= 11 is 0. The molecule has 0 aromatic heterocycles. The van der Waals surface area contributed by atoms with Crippen LogP contribution in [0.4, 0.5) is 0 Å². The summed E-state index contributed by atoms with van der Waals surface area (Å²) < 4.78 is 0. The van der Waals surface area contributed by atoms with E-state index in [2.05, 4.69) is 6.92 Å². The van der Waals surface area contributed by atoms with Gasteiger partial charge in [0.25, 0.3) is 0 Å². The average molecular weight is 140 g/mol. The summed E-state index contributed by atoms with van der Waals surface area (Å²) in [6.45, 7) is 6.21. The van der Waals surface area contributed by atoms with Crippen LogP contribution >= 0.6 is 0 Å². The molecule has 0 heterocycles. The van der Waals surface area contributed by atoms with Crippen molar-refractivity contribution in [3.05, 3.63) is 11.1 Å². The Labute approximate surface area is 62.8 Å². The van der Waals surface area contributed by atoms with Crippen molar-refractivity contribution in [3.8, 4) is 0 Å². The van der Waals surface area contributed by atoms with Crippen LogP contribution in [0.3, 0.4) is 0 Å². The van der Waals surface area contributed by atoms with Crippen molar-refractivity contribution in [2.45, 2.75) is 45.6 Å². The van der Waals surface area contributed by atoms with Gasteiger partial charge in [-0.25, -0.2) is 0 Å². The number of aliphatic hydroxyl groups is 1. The molecule has 1 unspecified atom stereocenters. The minimum absolute atomic E-state index is 0.454. The molecule has 1 aliphatic rings. The van der Waals surface area contributed by atoms with Crippen molar-refractivity contribution < 1.29 is 5.11 Å². The summed E-state index contributed by atoms with van der Waals surface area (Å²) in [5.74, 6) is 0. The molecule has 1 atom stereocenters. The molecule has 1 N–H and O–H groups in total. The minimum Gasteiger partial charge on any atom is -0.386 e. The van der Waals surface area contributed by atoms with Gasteiger partial charge >= 0.3 is 0 Å². The molecule has 0 aliphatic heterocycles. The molecule has 0 bridgehead atoms. The Morgan fingerprint density at radius 2 is 2.10 bits per heavy atom. The first-order chi connectivity index (χ1) is 4.60. The molecule has 1 heteroatoms. The third-order valence-electron chi connectivity index (χ3n) is 2.84. The molecule has 0 fully saturated rings. The van der Waals surface area contributed by atoms with Gasteiger partial charge in [-0.1, -0.05) is 12.5 Å². The molecule has 0 radical (unpaired) electrons. The maximum Gasteiger partial charge on any atom is 0.0857 e. The van der Waals surface area contributed by atoms with Crippen molar-refractivity contribution in [2.24, 2.45) is 0 Å². The lowest BCUT2D eigenvalue weighted by Gasteiger charge is -2.22. The molecule has 0 spiro atoms. The molecule has 1 aliphatic carbocycles. The Morgan fingerprint density at radius 3 is 2.30 bits per heavy atom. The van der Waals surface area contributed by atoms with Crippen molar-refractivity contribution in [2.75, 3.05) is 0 Å². The van der Waals surface area contributed by atoms with Gasteiger partial charge in [-0.3, -0.25) is 0 Å². The van der Waals surface area contributed by atoms with Crippen LogP contribution in [0.1, 0.15) is 40.0 Å². The van der Waals surface area contributed by atoms with E-state index in [1.807, 2.05) is 13.8 Å². The summed E-state index contributed by atoms with van der Waals surface area (Å²) in [4.78, 5) is 0. The Hall–Kier alpha value is -0.300. The Balaban J connectivity index is 2.85. The Morgan fingerprint density at radius 1 is 1.50 bits per heavy atom. The van der Waals surface area contributed by atoms with E-state index in [0.29, 0.717) is 0 Å². The van der Waals surface area contributed by atoms with E-state index in [1.165, 1.54) is 11.1 Å². The monoisotopic (exact) mass is 140 g/mol. The van der Waals surface area contributed by atoms with Crippen LogP contribution in [0, 0.1) is 0 Å². The maximum absolute atomic E-state index is 9.88. The fourth-order valence-corrected chi connectivity index (χ4v) is 1.61. The molecular weight excluding hydrogens is 124 g/mol. The zero-order chi connectivity index (χ0) is 7.78. The summed E-state index contributed by atoms with van der Waals surface area (Å²) in [5.41, 5.74) is 2.13. The van der Waals surface area contributed by atoms with Crippen molar-refractivity contribution in [3.63, 3.8) is 0 Å². The van der Waals surface area contributed by atoms with E-state index in [0.717, 1.165) is 19.3 Å². The summed E-state index contributed by atoms with van der Waals surface area (Å²) in [5, 5.41) is 9.88. The SMILES string of the molecule is CCC1(O)CCC(C)=C1C. The van der Waals surface area contributed by atoms with Crippen LogP contribution in [-0.4, -0.2) is 10.7 Å². The second kappa shape index (κ2) is 2.39. The van der Waals surface area contributed by atoms with Gasteiger partial charge in [0.1, 0.15) is 0 Å². The lowest BCUT2D eigenvalue weighted by Crippen LogP contribution is -2.25. The molecule has 0 saturated carbocycles. The molecule has 0 aromatic carbocycles. The lowest BCUT2D eigenvalue weighted by molar-refractivity contribution is 0.0754. The smallest absolute Gasteiger partial charge is 0.0857 e. The predicted octanol–water partition coefficient (Wildman–Crippen LogP) is 2.26. The number of allylic oxidation sites excluding steroid dienone is 1. The number of hydrogen-bond acceptors (Lipinski definition) is 1. The molecule has 1 rings (SSSR count). The highest BCUT2D eigenvalue weighted by molar-refractivity contribution is 5.26. The van der Waals surface area contributed by atoms with Gasteiger partial charge in [-0.2, -0.15) is 0 Å². The van der Waals surface area contributed by atoms with Crippen LogP contribution < -0.4 is 0 Å². The molecule has 58 valence electrons. The highest BCUT2D eigenvalue weighted by atomic mass is 16.3. The van der Waals surface area contributed by atoms with Gasteiger partial charge in [0, 0.05) is 0 Å². The zero-order valence-electron chi connectivity index (χ0n) is 7.07. The van der Waals surface area contributed by atoms with Crippen LogP contribution in [0.5, 0.6) is 0 Å². The first-order valence-electron chi connectivity index (χ1n) is 3.99. The topological polar surface area (TPSA) is 20.2 Å². The molecule has 0 saturated heterocycles. The van der Waals surface area contributed by atoms with Crippen molar-refractivity contribution in [1.82, 2.24) is 0 Å². The van der Waals surface area contributed by atoms with Crippen molar-refractivity contribution >= 4 is 0 Å². The second-order valence-electron chi connectivity index (χ2n) is 3.29. The van der Waals surface area contributed by atoms with Gasteiger partial charge in [0.05, 0.1) is 5.60 Å². The van der Waals surface area contributed by atoms with Crippen LogP contribution in [0.15, 0.2) is 11.1 Å². The summed E-state index contributed by atoms with van der Waals surface area (Å²) in [7, 11) is 0. The van der Waals surface area contributed by atoms with Crippen LogP contribution in [-0.2, 0) is 0 Å². The number of rotatable bonds is 1. The standard InChI is InChI=1S/C9H16O/c1-4-9(10)6-5-7(2)8(9)3/h10H,4-6H2,1-3H3. The fourth-order valence-electron chi connectivity index (χ4n) is 1.61. The summed E-state index contributed by atoms with van der Waals surface area (Å²) in [6, 6.07) is 0. The first kappa shape index (κ1) is 7.80. The van der Waals surface area contributed by atoms with E-state index < -0.39 is 5.60 Å². The van der Waals surface area contributed by atoms with E-state index in [1.54, 1.807) is 0 Å². The highest BCUT2D eigenvalue weighted by Gasteiger charge is 2.32. The average Bonchev–Trinajstić information content (AvgIpc) is 2.19. The Kier molecular flexibility index (Phi) is 1.86.